The summed E-state index contributed by atoms with van der Waals surface area (Å²) in [7, 11) is 2.66. The van der Waals surface area contributed by atoms with Crippen LogP contribution in [0.25, 0.3) is 22.0 Å². The largest absolute Gasteiger partial charge is 0.494 e. The fourth-order valence-corrected chi connectivity index (χ4v) is 4.20. The number of benzene rings is 2. The number of hydrogen-bond acceptors (Lipinski definition) is 3. The fraction of sp³-hybridized carbons (Fsp3) is 0.188. The van der Waals surface area contributed by atoms with Crippen LogP contribution >= 0.6 is 28.4 Å². The molecule has 3 rings (SSSR count). The van der Waals surface area contributed by atoms with Gasteiger partial charge in [0, 0.05) is 11.5 Å². The Hall–Kier alpha value is -1.47. The first-order valence-corrected chi connectivity index (χ1v) is 11.0. The van der Waals surface area contributed by atoms with Crippen molar-refractivity contribution in [1.82, 2.24) is 9.55 Å². The highest BCUT2D eigenvalue weighted by molar-refractivity contribution is 14.2. The highest BCUT2D eigenvalue weighted by Gasteiger charge is 2.22. The second-order valence-electron chi connectivity index (χ2n) is 5.10. The second kappa shape index (κ2) is 6.80. The maximum Gasteiger partial charge on any atom is 0.176 e. The topological polar surface area (TPSA) is 36.3 Å². The first kappa shape index (κ1) is 17.4. The lowest BCUT2D eigenvalue weighted by Crippen LogP contribution is -1.99. The summed E-state index contributed by atoms with van der Waals surface area (Å²) in [6.45, 7) is 1.91. The van der Waals surface area contributed by atoms with Crippen LogP contribution in [0, 0.1) is 18.6 Å². The van der Waals surface area contributed by atoms with Crippen LogP contribution in [0.1, 0.15) is 5.69 Å². The van der Waals surface area contributed by atoms with Gasteiger partial charge in [0.05, 0.1) is 37.4 Å². The maximum absolute atomic E-state index is 14.7. The number of aromatic nitrogens is 2. The van der Waals surface area contributed by atoms with Crippen LogP contribution in [-0.4, -0.2) is 23.8 Å². The maximum atomic E-state index is 14.7. The van der Waals surface area contributed by atoms with Gasteiger partial charge in [-0.2, -0.15) is 5.10 Å². The van der Waals surface area contributed by atoms with Crippen molar-refractivity contribution in [1.29, 1.82) is 0 Å². The fourth-order valence-electron chi connectivity index (χ4n) is 2.63. The van der Waals surface area contributed by atoms with Crippen LogP contribution in [-0.2, 0) is 0 Å². The first-order valence-electron chi connectivity index (χ1n) is 6.98. The van der Waals surface area contributed by atoms with E-state index in [-0.39, 0.29) is 17.1 Å². The van der Waals surface area contributed by atoms with Crippen molar-refractivity contribution in [3.63, 3.8) is 0 Å². The molecular weight excluding hydrogens is 448 g/mol. The SMILES string of the molecule is COc1cc(OC)c(F)c(-c2ccc3c(C)nn(PI)c3c2)c1F. The second-order valence-corrected chi connectivity index (χ2v) is 7.14. The van der Waals surface area contributed by atoms with E-state index in [1.165, 1.54) is 20.3 Å². The van der Waals surface area contributed by atoms with Crippen LogP contribution < -0.4 is 9.47 Å². The Balaban J connectivity index is 2.31. The lowest BCUT2D eigenvalue weighted by molar-refractivity contribution is 0.360. The molecule has 0 saturated carbocycles. The number of nitrogens with zero attached hydrogens (tertiary/aromatic N) is 2. The number of hydrogen-bond donors (Lipinski definition) is 0. The molecule has 0 spiro atoms. The molecule has 0 saturated heterocycles. The summed E-state index contributed by atoms with van der Waals surface area (Å²) in [6, 6.07) is 6.44. The third-order valence-electron chi connectivity index (χ3n) is 3.81. The van der Waals surface area contributed by atoms with Gasteiger partial charge < -0.3 is 9.47 Å². The predicted molar refractivity (Wildman–Crippen MR) is 101 cm³/mol. The van der Waals surface area contributed by atoms with E-state index in [1.807, 2.05) is 17.4 Å². The highest BCUT2D eigenvalue weighted by Crippen LogP contribution is 2.39. The molecule has 1 atom stereocenters. The van der Waals surface area contributed by atoms with E-state index in [9.17, 15) is 8.78 Å². The molecule has 3 aromatic rings. The zero-order valence-corrected chi connectivity index (χ0v) is 16.3. The van der Waals surface area contributed by atoms with Crippen LogP contribution in [0.5, 0.6) is 11.5 Å². The van der Waals surface area contributed by atoms with E-state index in [1.54, 1.807) is 12.1 Å². The smallest absolute Gasteiger partial charge is 0.176 e. The molecule has 0 amide bonds. The van der Waals surface area contributed by atoms with Gasteiger partial charge in [0.1, 0.15) is 0 Å². The summed E-state index contributed by atoms with van der Waals surface area (Å²) in [5.74, 6) is -1.64. The van der Waals surface area contributed by atoms with Gasteiger partial charge in [-0.05, 0) is 40.6 Å². The van der Waals surface area contributed by atoms with Crippen molar-refractivity contribution in [3.05, 3.63) is 41.6 Å². The predicted octanol–water partition coefficient (Wildman–Crippen LogP) is 5.10. The van der Waals surface area contributed by atoms with E-state index >= 15 is 0 Å². The van der Waals surface area contributed by atoms with Gasteiger partial charge in [-0.15, -0.1) is 0 Å². The average molecular weight is 462 g/mol. The molecule has 0 aliphatic heterocycles. The Kier molecular flexibility index (Phi) is 4.92. The molecule has 4 nitrogen and oxygen atoms in total. The molecular formula is C16H14F2IN2O2P. The van der Waals surface area contributed by atoms with Crippen LogP contribution in [0.2, 0.25) is 0 Å². The van der Waals surface area contributed by atoms with Crippen molar-refractivity contribution in [3.8, 4) is 22.6 Å². The Morgan fingerprint density at radius 3 is 2.25 bits per heavy atom. The molecule has 0 radical (unpaired) electrons. The quantitative estimate of drug-likeness (QED) is 0.400. The molecule has 0 N–H and O–H groups in total. The number of methoxy groups -OCH3 is 2. The van der Waals surface area contributed by atoms with E-state index in [0.717, 1.165) is 16.6 Å². The molecule has 1 unspecified atom stereocenters. The molecule has 126 valence electrons. The molecule has 0 fully saturated rings. The van der Waals surface area contributed by atoms with E-state index < -0.39 is 11.6 Å². The minimum absolute atomic E-state index is 0.0659. The lowest BCUT2D eigenvalue weighted by atomic mass is 10.0. The van der Waals surface area contributed by atoms with Crippen LogP contribution in [0.3, 0.4) is 0 Å². The Morgan fingerprint density at radius 2 is 1.71 bits per heavy atom. The van der Waals surface area contributed by atoms with Crippen LogP contribution in [0.15, 0.2) is 24.3 Å². The average Bonchev–Trinajstić information content (AvgIpc) is 2.91. The lowest BCUT2D eigenvalue weighted by Gasteiger charge is -2.13. The van der Waals surface area contributed by atoms with E-state index in [0.29, 0.717) is 11.9 Å². The Labute approximate surface area is 152 Å². The minimum Gasteiger partial charge on any atom is -0.494 e. The number of rotatable bonds is 4. The summed E-state index contributed by atoms with van der Waals surface area (Å²) in [5, 5.41) is 5.40. The van der Waals surface area contributed by atoms with Crippen molar-refractivity contribution < 1.29 is 18.3 Å². The highest BCUT2D eigenvalue weighted by atomic mass is 127. The van der Waals surface area contributed by atoms with Crippen molar-refractivity contribution >= 4 is 39.3 Å². The third-order valence-corrected chi connectivity index (χ3v) is 5.68. The summed E-state index contributed by atoms with van der Waals surface area (Å²) < 4.78 is 41.2. The summed E-state index contributed by atoms with van der Waals surface area (Å²) >= 11 is 2.22. The van der Waals surface area contributed by atoms with E-state index in [2.05, 4.69) is 27.1 Å². The monoisotopic (exact) mass is 462 g/mol. The number of ether oxygens (including phenoxy) is 2. The van der Waals surface area contributed by atoms with Crippen molar-refractivity contribution in [2.45, 2.75) is 6.92 Å². The molecule has 24 heavy (non-hydrogen) atoms. The van der Waals surface area contributed by atoms with Gasteiger partial charge in [0.15, 0.2) is 23.1 Å². The van der Waals surface area contributed by atoms with Gasteiger partial charge in [-0.3, -0.25) is 0 Å². The molecule has 8 heteroatoms. The number of fused-ring (bicyclic) bond motifs is 1. The summed E-state index contributed by atoms with van der Waals surface area (Å²) in [6.07, 6.45) is 0.387. The molecule has 2 aromatic carbocycles. The zero-order chi connectivity index (χ0) is 17.4. The zero-order valence-electron chi connectivity index (χ0n) is 13.2. The molecule has 0 bridgehead atoms. The summed E-state index contributed by atoms with van der Waals surface area (Å²) in [5.41, 5.74) is 1.95. The Bertz CT molecular complexity index is 902. The van der Waals surface area contributed by atoms with Gasteiger partial charge in [0.2, 0.25) is 0 Å². The van der Waals surface area contributed by atoms with Crippen molar-refractivity contribution in [2.75, 3.05) is 14.2 Å². The molecule has 1 heterocycles. The molecule has 1 aromatic heterocycles. The van der Waals surface area contributed by atoms with Gasteiger partial charge >= 0.3 is 0 Å². The number of halogens is 3. The Morgan fingerprint density at radius 1 is 1.08 bits per heavy atom. The number of aryl methyl sites for hydroxylation is 1. The van der Waals surface area contributed by atoms with Gasteiger partial charge in [0.25, 0.3) is 0 Å². The van der Waals surface area contributed by atoms with Crippen LogP contribution in [0.4, 0.5) is 8.78 Å². The normalized spacial score (nSPS) is 11.6. The van der Waals surface area contributed by atoms with E-state index in [4.69, 9.17) is 9.47 Å². The van der Waals surface area contributed by atoms with Crippen molar-refractivity contribution in [2.24, 2.45) is 0 Å². The summed E-state index contributed by atoms with van der Waals surface area (Å²) in [4.78, 5) is 0. The standard InChI is InChI=1S/C16H14F2IN2O2P/c1-8-10-5-4-9(6-11(10)21(20-8)24-19)14-15(17)12(22-2)7-13(23-3)16(14)18/h4-7,24H,1-3H3. The third kappa shape index (κ3) is 2.73. The molecule has 0 aliphatic rings. The first-order chi connectivity index (χ1) is 11.5. The molecule has 0 aliphatic carbocycles. The van der Waals surface area contributed by atoms with Gasteiger partial charge in [-0.1, -0.05) is 12.1 Å². The minimum atomic E-state index is -0.755. The van der Waals surface area contributed by atoms with Gasteiger partial charge in [-0.25, -0.2) is 13.2 Å².